The van der Waals surface area contributed by atoms with E-state index in [0.717, 1.165) is 13.1 Å². The van der Waals surface area contributed by atoms with Gasteiger partial charge >= 0.3 is 0 Å². The molecular formula is C7H16N2. The average molecular weight is 128 g/mol. The smallest absolute Gasteiger partial charge is 0.0303 e. The van der Waals surface area contributed by atoms with Crippen LogP contribution in [-0.2, 0) is 0 Å². The van der Waals surface area contributed by atoms with Crippen LogP contribution in [-0.4, -0.2) is 18.6 Å². The van der Waals surface area contributed by atoms with Gasteiger partial charge in [-0.05, 0) is 25.8 Å². The van der Waals surface area contributed by atoms with Gasteiger partial charge in [-0.2, -0.15) is 0 Å². The van der Waals surface area contributed by atoms with E-state index in [1.807, 2.05) is 0 Å². The second kappa shape index (κ2) is 2.67. The van der Waals surface area contributed by atoms with Crippen molar-refractivity contribution < 1.29 is 0 Å². The first kappa shape index (κ1) is 7.03. The maximum absolute atomic E-state index is 5.59. The van der Waals surface area contributed by atoms with E-state index >= 15 is 0 Å². The number of nitrogens with one attached hydrogen (secondary N) is 1. The molecule has 0 bridgehead atoms. The lowest BCUT2D eigenvalue weighted by Crippen LogP contribution is -2.56. The maximum atomic E-state index is 5.59. The molecule has 0 radical (unpaired) electrons. The van der Waals surface area contributed by atoms with Gasteiger partial charge in [0.25, 0.3) is 0 Å². The second-order valence-electron chi connectivity index (χ2n) is 2.87. The van der Waals surface area contributed by atoms with E-state index in [0.29, 0.717) is 5.54 Å². The Morgan fingerprint density at radius 3 is 2.33 bits per heavy atom. The van der Waals surface area contributed by atoms with Gasteiger partial charge in [-0.25, -0.2) is 0 Å². The molecule has 1 rings (SSSR count). The zero-order valence-corrected chi connectivity index (χ0v) is 6.11. The van der Waals surface area contributed by atoms with Crippen LogP contribution in [0.5, 0.6) is 0 Å². The number of rotatable bonds is 3. The summed E-state index contributed by atoms with van der Waals surface area (Å²) in [4.78, 5) is 0. The standard InChI is InChI=1S/C7H16N2/c1-2-9-7(6-8)4-3-5-7/h9H,2-6,8H2,1H3. The number of nitrogens with two attached hydrogens (primary N) is 1. The lowest BCUT2D eigenvalue weighted by molar-refractivity contribution is 0.197. The average Bonchev–Trinajstić information content (AvgIpc) is 1.79. The minimum absolute atomic E-state index is 0.342. The van der Waals surface area contributed by atoms with E-state index < -0.39 is 0 Å². The largest absolute Gasteiger partial charge is 0.329 e. The summed E-state index contributed by atoms with van der Waals surface area (Å²) in [5, 5.41) is 3.42. The molecule has 0 saturated heterocycles. The summed E-state index contributed by atoms with van der Waals surface area (Å²) in [7, 11) is 0. The molecule has 0 aromatic rings. The van der Waals surface area contributed by atoms with Crippen molar-refractivity contribution >= 4 is 0 Å². The molecule has 0 aromatic heterocycles. The van der Waals surface area contributed by atoms with Crippen molar-refractivity contribution in [3.8, 4) is 0 Å². The Morgan fingerprint density at radius 1 is 1.56 bits per heavy atom. The summed E-state index contributed by atoms with van der Waals surface area (Å²) >= 11 is 0. The van der Waals surface area contributed by atoms with E-state index in [-0.39, 0.29) is 0 Å². The SMILES string of the molecule is CCNC1(CN)CCC1. The summed E-state index contributed by atoms with van der Waals surface area (Å²) in [5.41, 5.74) is 5.93. The van der Waals surface area contributed by atoms with Crippen LogP contribution in [0.1, 0.15) is 26.2 Å². The van der Waals surface area contributed by atoms with Gasteiger partial charge < -0.3 is 11.1 Å². The Morgan fingerprint density at radius 2 is 2.22 bits per heavy atom. The predicted octanol–water partition coefficient (Wildman–Crippen LogP) is 0.477. The van der Waals surface area contributed by atoms with Crippen LogP contribution < -0.4 is 11.1 Å². The number of hydrogen-bond acceptors (Lipinski definition) is 2. The molecule has 0 amide bonds. The molecule has 0 atom stereocenters. The van der Waals surface area contributed by atoms with Crippen molar-refractivity contribution in [2.24, 2.45) is 5.73 Å². The Bertz CT molecular complexity index is 81.4. The van der Waals surface area contributed by atoms with E-state index in [1.54, 1.807) is 0 Å². The quantitative estimate of drug-likeness (QED) is 0.580. The molecule has 1 aliphatic rings. The third-order valence-corrected chi connectivity index (χ3v) is 2.25. The molecule has 3 N–H and O–H groups in total. The first-order valence-corrected chi connectivity index (χ1v) is 3.78. The van der Waals surface area contributed by atoms with Gasteiger partial charge in [0, 0.05) is 12.1 Å². The minimum Gasteiger partial charge on any atom is -0.329 e. The van der Waals surface area contributed by atoms with Crippen molar-refractivity contribution in [2.75, 3.05) is 13.1 Å². The molecular weight excluding hydrogens is 112 g/mol. The molecule has 1 aliphatic carbocycles. The van der Waals surface area contributed by atoms with E-state index in [1.165, 1.54) is 19.3 Å². The van der Waals surface area contributed by atoms with Gasteiger partial charge in [0.2, 0.25) is 0 Å². The van der Waals surface area contributed by atoms with Crippen molar-refractivity contribution in [3.63, 3.8) is 0 Å². The van der Waals surface area contributed by atoms with Crippen LogP contribution in [0.25, 0.3) is 0 Å². The fraction of sp³-hybridized carbons (Fsp3) is 1.00. The minimum atomic E-state index is 0.342. The maximum Gasteiger partial charge on any atom is 0.0303 e. The zero-order chi connectivity index (χ0) is 6.74. The summed E-state index contributed by atoms with van der Waals surface area (Å²) < 4.78 is 0. The lowest BCUT2D eigenvalue weighted by atomic mass is 9.77. The highest BCUT2D eigenvalue weighted by Crippen LogP contribution is 2.30. The zero-order valence-electron chi connectivity index (χ0n) is 6.11. The van der Waals surface area contributed by atoms with E-state index in [2.05, 4.69) is 12.2 Å². The molecule has 1 fully saturated rings. The van der Waals surface area contributed by atoms with Crippen molar-refractivity contribution in [2.45, 2.75) is 31.7 Å². The first-order chi connectivity index (χ1) is 4.33. The summed E-state index contributed by atoms with van der Waals surface area (Å²) in [6.07, 6.45) is 3.90. The number of likely N-dealkylation sites (N-methyl/N-ethyl adjacent to an activating group) is 1. The predicted molar refractivity (Wildman–Crippen MR) is 39.3 cm³/mol. The fourth-order valence-corrected chi connectivity index (χ4v) is 1.43. The first-order valence-electron chi connectivity index (χ1n) is 3.78. The molecule has 2 heteroatoms. The van der Waals surface area contributed by atoms with Gasteiger partial charge in [-0.3, -0.25) is 0 Å². The molecule has 2 nitrogen and oxygen atoms in total. The van der Waals surface area contributed by atoms with Crippen LogP contribution in [0.15, 0.2) is 0 Å². The highest BCUT2D eigenvalue weighted by molar-refractivity contribution is 4.96. The van der Waals surface area contributed by atoms with E-state index in [4.69, 9.17) is 5.73 Å². The third kappa shape index (κ3) is 1.25. The number of hydrogen-bond donors (Lipinski definition) is 2. The van der Waals surface area contributed by atoms with Crippen LogP contribution in [0.2, 0.25) is 0 Å². The molecule has 0 aromatic carbocycles. The Labute approximate surface area is 56.8 Å². The fourth-order valence-electron chi connectivity index (χ4n) is 1.43. The van der Waals surface area contributed by atoms with Gasteiger partial charge in [-0.15, -0.1) is 0 Å². The topological polar surface area (TPSA) is 38.0 Å². The van der Waals surface area contributed by atoms with Crippen molar-refractivity contribution in [1.82, 2.24) is 5.32 Å². The molecule has 1 saturated carbocycles. The third-order valence-electron chi connectivity index (χ3n) is 2.25. The summed E-state index contributed by atoms with van der Waals surface area (Å²) in [5.74, 6) is 0. The molecule has 0 heterocycles. The van der Waals surface area contributed by atoms with Crippen LogP contribution in [0.3, 0.4) is 0 Å². The van der Waals surface area contributed by atoms with Crippen LogP contribution in [0.4, 0.5) is 0 Å². The van der Waals surface area contributed by atoms with Crippen LogP contribution in [0, 0.1) is 0 Å². The molecule has 54 valence electrons. The molecule has 0 unspecified atom stereocenters. The van der Waals surface area contributed by atoms with E-state index in [9.17, 15) is 0 Å². The molecule has 9 heavy (non-hydrogen) atoms. The Hall–Kier alpha value is -0.0800. The summed E-state index contributed by atoms with van der Waals surface area (Å²) in [6, 6.07) is 0. The van der Waals surface area contributed by atoms with Gasteiger partial charge in [0.05, 0.1) is 0 Å². The highest BCUT2D eigenvalue weighted by Gasteiger charge is 2.33. The Kier molecular flexibility index (Phi) is 2.09. The molecule has 0 spiro atoms. The molecule has 0 aliphatic heterocycles. The monoisotopic (exact) mass is 128 g/mol. The lowest BCUT2D eigenvalue weighted by Gasteiger charge is -2.41. The second-order valence-corrected chi connectivity index (χ2v) is 2.87. The van der Waals surface area contributed by atoms with Crippen molar-refractivity contribution in [3.05, 3.63) is 0 Å². The van der Waals surface area contributed by atoms with Gasteiger partial charge in [0.15, 0.2) is 0 Å². The highest BCUT2D eigenvalue weighted by atomic mass is 15.0. The Balaban J connectivity index is 2.28. The van der Waals surface area contributed by atoms with Gasteiger partial charge in [-0.1, -0.05) is 6.92 Å². The van der Waals surface area contributed by atoms with Crippen LogP contribution >= 0.6 is 0 Å². The van der Waals surface area contributed by atoms with Gasteiger partial charge in [0.1, 0.15) is 0 Å². The summed E-state index contributed by atoms with van der Waals surface area (Å²) in [6.45, 7) is 3.99. The normalized spacial score (nSPS) is 23.3. The van der Waals surface area contributed by atoms with Crippen molar-refractivity contribution in [1.29, 1.82) is 0 Å².